The van der Waals surface area contributed by atoms with Gasteiger partial charge in [0.25, 0.3) is 5.91 Å². The van der Waals surface area contributed by atoms with Crippen molar-refractivity contribution in [2.75, 3.05) is 27.2 Å². The molecule has 0 saturated carbocycles. The fraction of sp³-hybridized carbons (Fsp3) is 0.385. The average molecular weight is 393 g/mol. The molecule has 0 saturated heterocycles. The number of benzene rings is 1. The van der Waals surface area contributed by atoms with E-state index in [1.807, 2.05) is 0 Å². The van der Waals surface area contributed by atoms with Crippen molar-refractivity contribution in [2.24, 2.45) is 0 Å². The number of rotatable bonds is 7. The number of carbonyl (C=O) groups excluding carboxylic acids is 2. The van der Waals surface area contributed by atoms with Crippen molar-refractivity contribution in [2.45, 2.75) is 11.3 Å². The minimum absolute atomic E-state index is 0.104. The Morgan fingerprint density at radius 1 is 1.23 bits per heavy atom. The summed E-state index contributed by atoms with van der Waals surface area (Å²) in [5, 5.41) is 0. The third kappa shape index (κ3) is 6.12. The zero-order chi connectivity index (χ0) is 16.8. The van der Waals surface area contributed by atoms with Crippen LogP contribution in [0.25, 0.3) is 0 Å². The molecule has 22 heavy (non-hydrogen) atoms. The monoisotopic (exact) mass is 392 g/mol. The summed E-state index contributed by atoms with van der Waals surface area (Å²) in [5.41, 5.74) is 0. The van der Waals surface area contributed by atoms with Crippen molar-refractivity contribution in [3.63, 3.8) is 0 Å². The van der Waals surface area contributed by atoms with E-state index in [4.69, 9.17) is 4.74 Å². The summed E-state index contributed by atoms with van der Waals surface area (Å²) in [5.74, 6) is -0.988. The molecular weight excluding hydrogens is 376 g/mol. The van der Waals surface area contributed by atoms with Crippen LogP contribution in [0.1, 0.15) is 6.42 Å². The summed E-state index contributed by atoms with van der Waals surface area (Å²) in [7, 11) is -0.583. The quantitative estimate of drug-likeness (QED) is 0.691. The van der Waals surface area contributed by atoms with Crippen molar-refractivity contribution in [1.29, 1.82) is 0 Å². The highest BCUT2D eigenvalue weighted by Crippen LogP contribution is 2.14. The molecule has 0 aromatic heterocycles. The second-order valence-electron chi connectivity index (χ2n) is 4.55. The van der Waals surface area contributed by atoms with Crippen molar-refractivity contribution in [1.82, 2.24) is 9.62 Å². The number of sulfonamides is 1. The fourth-order valence-corrected chi connectivity index (χ4v) is 2.62. The van der Waals surface area contributed by atoms with Crippen LogP contribution in [0.2, 0.25) is 0 Å². The predicted molar refractivity (Wildman–Crippen MR) is 83.6 cm³/mol. The van der Waals surface area contributed by atoms with Crippen LogP contribution in [0.15, 0.2) is 33.6 Å². The standard InChI is InChI=1S/C13H17BrN2O5S/c1-16(2)12(17)9-21-13(18)7-8-15-22(19,20)11-5-3-10(14)4-6-11/h3-6,15H,7-9H2,1-2H3. The first kappa shape index (κ1) is 18.6. The summed E-state index contributed by atoms with van der Waals surface area (Å²) in [6, 6.07) is 6.10. The van der Waals surface area contributed by atoms with Gasteiger partial charge < -0.3 is 9.64 Å². The number of amides is 1. The summed E-state index contributed by atoms with van der Waals surface area (Å²) < 4.78 is 31.7. The second kappa shape index (κ2) is 8.25. The molecule has 1 N–H and O–H groups in total. The van der Waals surface area contributed by atoms with E-state index in [0.29, 0.717) is 0 Å². The lowest BCUT2D eigenvalue weighted by Gasteiger charge is -2.10. The molecule has 0 heterocycles. The Bertz CT molecular complexity index is 628. The van der Waals surface area contributed by atoms with Gasteiger partial charge in [-0.15, -0.1) is 0 Å². The van der Waals surface area contributed by atoms with Gasteiger partial charge in [0.05, 0.1) is 11.3 Å². The van der Waals surface area contributed by atoms with Gasteiger partial charge >= 0.3 is 5.97 Å². The number of nitrogens with one attached hydrogen (secondary N) is 1. The van der Waals surface area contributed by atoms with Gasteiger partial charge in [-0.1, -0.05) is 15.9 Å². The van der Waals surface area contributed by atoms with Crippen molar-refractivity contribution < 1.29 is 22.7 Å². The maximum Gasteiger partial charge on any atom is 0.307 e. The lowest BCUT2D eigenvalue weighted by atomic mass is 10.4. The molecule has 0 aliphatic rings. The van der Waals surface area contributed by atoms with Gasteiger partial charge in [-0.05, 0) is 24.3 Å². The highest BCUT2D eigenvalue weighted by atomic mass is 79.9. The highest BCUT2D eigenvalue weighted by molar-refractivity contribution is 9.10. The number of hydrogen-bond acceptors (Lipinski definition) is 5. The predicted octanol–water partition coefficient (Wildman–Crippen LogP) is 0.749. The number of halogens is 1. The minimum Gasteiger partial charge on any atom is -0.456 e. The topological polar surface area (TPSA) is 92.8 Å². The first-order valence-electron chi connectivity index (χ1n) is 6.33. The number of likely N-dealkylation sites (N-methyl/N-ethyl adjacent to an activating group) is 1. The Morgan fingerprint density at radius 2 is 1.82 bits per heavy atom. The van der Waals surface area contributed by atoms with Gasteiger partial charge in [0.1, 0.15) is 0 Å². The molecule has 1 amide bonds. The number of ether oxygens (including phenoxy) is 1. The van der Waals surface area contributed by atoms with Crippen LogP contribution in [-0.4, -0.2) is 52.4 Å². The van der Waals surface area contributed by atoms with E-state index in [9.17, 15) is 18.0 Å². The van der Waals surface area contributed by atoms with Gasteiger partial charge in [-0.2, -0.15) is 0 Å². The summed E-state index contributed by atoms with van der Waals surface area (Å²) in [4.78, 5) is 24.0. The number of nitrogens with zero attached hydrogens (tertiary/aromatic N) is 1. The van der Waals surface area contributed by atoms with E-state index in [0.717, 1.165) is 4.47 Å². The molecule has 1 aromatic rings. The van der Waals surface area contributed by atoms with Crippen LogP contribution >= 0.6 is 15.9 Å². The minimum atomic E-state index is -3.67. The Balaban J connectivity index is 2.41. The van der Waals surface area contributed by atoms with Crippen LogP contribution in [-0.2, 0) is 24.3 Å². The molecule has 0 radical (unpaired) electrons. The zero-order valence-corrected chi connectivity index (χ0v) is 14.6. The Kier molecular flexibility index (Phi) is 6.98. The molecule has 0 spiro atoms. The van der Waals surface area contributed by atoms with Crippen LogP contribution in [0.5, 0.6) is 0 Å². The van der Waals surface area contributed by atoms with Crippen molar-refractivity contribution in [3.8, 4) is 0 Å². The van der Waals surface area contributed by atoms with Crippen molar-refractivity contribution >= 4 is 37.8 Å². The summed E-state index contributed by atoms with van der Waals surface area (Å²) in [6.07, 6.45) is -0.156. The van der Waals surface area contributed by atoms with E-state index in [1.165, 1.54) is 17.0 Å². The molecule has 0 aliphatic carbocycles. The molecule has 9 heteroatoms. The van der Waals surface area contributed by atoms with Crippen LogP contribution in [0, 0.1) is 0 Å². The number of esters is 1. The SMILES string of the molecule is CN(C)C(=O)COC(=O)CCNS(=O)(=O)c1ccc(Br)cc1. The largest absolute Gasteiger partial charge is 0.456 e. The summed E-state index contributed by atoms with van der Waals surface area (Å²) >= 11 is 3.22. The maximum absolute atomic E-state index is 11.9. The highest BCUT2D eigenvalue weighted by Gasteiger charge is 2.15. The van der Waals surface area contributed by atoms with E-state index < -0.39 is 16.0 Å². The smallest absolute Gasteiger partial charge is 0.307 e. The maximum atomic E-state index is 11.9. The van der Waals surface area contributed by atoms with Gasteiger partial charge in [0.15, 0.2) is 6.61 Å². The van der Waals surface area contributed by atoms with Crippen molar-refractivity contribution in [3.05, 3.63) is 28.7 Å². The number of hydrogen-bond donors (Lipinski definition) is 1. The molecule has 0 atom stereocenters. The molecule has 1 aromatic carbocycles. The Hall–Kier alpha value is -1.45. The van der Waals surface area contributed by atoms with Gasteiger partial charge in [0.2, 0.25) is 10.0 Å². The molecular formula is C13H17BrN2O5S. The Labute approximate surface area is 137 Å². The zero-order valence-electron chi connectivity index (χ0n) is 12.2. The molecule has 1 rings (SSSR count). The first-order chi connectivity index (χ1) is 10.2. The third-order valence-corrected chi connectivity index (χ3v) is 4.61. The van der Waals surface area contributed by atoms with Gasteiger partial charge in [-0.25, -0.2) is 13.1 Å². The van der Waals surface area contributed by atoms with Gasteiger partial charge in [-0.3, -0.25) is 9.59 Å². The molecule has 7 nitrogen and oxygen atoms in total. The lowest BCUT2D eigenvalue weighted by Crippen LogP contribution is -2.29. The normalized spacial score (nSPS) is 11.0. The van der Waals surface area contributed by atoms with E-state index in [2.05, 4.69) is 20.7 Å². The molecule has 0 bridgehead atoms. The first-order valence-corrected chi connectivity index (χ1v) is 8.61. The summed E-state index contributed by atoms with van der Waals surface area (Å²) in [6.45, 7) is -0.460. The molecule has 0 fully saturated rings. The van der Waals surface area contributed by atoms with E-state index in [-0.39, 0.29) is 30.4 Å². The van der Waals surface area contributed by atoms with Crippen LogP contribution < -0.4 is 4.72 Å². The van der Waals surface area contributed by atoms with Gasteiger partial charge in [0, 0.05) is 25.1 Å². The average Bonchev–Trinajstić information content (AvgIpc) is 2.44. The molecule has 122 valence electrons. The van der Waals surface area contributed by atoms with E-state index >= 15 is 0 Å². The third-order valence-electron chi connectivity index (χ3n) is 2.60. The van der Waals surface area contributed by atoms with Crippen LogP contribution in [0.4, 0.5) is 0 Å². The molecule has 0 unspecified atom stereocenters. The fourth-order valence-electron chi connectivity index (χ4n) is 1.33. The lowest BCUT2D eigenvalue weighted by molar-refractivity contribution is -0.150. The van der Waals surface area contributed by atoms with E-state index in [1.54, 1.807) is 26.2 Å². The Morgan fingerprint density at radius 3 is 2.36 bits per heavy atom. The number of carbonyl (C=O) groups is 2. The second-order valence-corrected chi connectivity index (χ2v) is 7.23. The molecule has 0 aliphatic heterocycles. The van der Waals surface area contributed by atoms with Crippen LogP contribution in [0.3, 0.4) is 0 Å².